The zero-order chi connectivity index (χ0) is 16.9. The third-order valence-corrected chi connectivity index (χ3v) is 4.23. The number of pyridine rings is 1. The summed E-state index contributed by atoms with van der Waals surface area (Å²) >= 11 is 0. The molecular formula is C17H22N6O. The molecule has 126 valence electrons. The number of rotatable bonds is 4. The van der Waals surface area contributed by atoms with Crippen molar-refractivity contribution in [1.29, 1.82) is 0 Å². The Morgan fingerprint density at radius 1 is 1.33 bits per heavy atom. The van der Waals surface area contributed by atoms with Crippen LogP contribution in [-0.4, -0.2) is 57.0 Å². The van der Waals surface area contributed by atoms with Gasteiger partial charge in [-0.3, -0.25) is 9.88 Å². The fraction of sp³-hybridized carbons (Fsp3) is 0.412. The maximum absolute atomic E-state index is 12.4. The highest BCUT2D eigenvalue weighted by atomic mass is 16.2. The number of aryl methyl sites for hydroxylation is 1. The Morgan fingerprint density at radius 2 is 2.12 bits per heavy atom. The van der Waals surface area contributed by atoms with E-state index in [2.05, 4.69) is 32.2 Å². The van der Waals surface area contributed by atoms with E-state index in [9.17, 15) is 4.79 Å². The van der Waals surface area contributed by atoms with Gasteiger partial charge in [-0.1, -0.05) is 0 Å². The minimum Gasteiger partial charge on any atom is -0.323 e. The molecule has 1 N–H and O–H groups in total. The molecule has 1 fully saturated rings. The molecule has 0 unspecified atom stereocenters. The Balaban J connectivity index is 1.53. The summed E-state index contributed by atoms with van der Waals surface area (Å²) in [5.74, 6) is 0.801. The van der Waals surface area contributed by atoms with Crippen LogP contribution >= 0.6 is 0 Å². The number of likely N-dealkylation sites (tertiary alicyclic amines) is 1. The average molecular weight is 326 g/mol. The fourth-order valence-electron chi connectivity index (χ4n) is 2.88. The van der Waals surface area contributed by atoms with Gasteiger partial charge < -0.3 is 10.2 Å². The second-order valence-corrected chi connectivity index (χ2v) is 6.08. The molecule has 0 aliphatic carbocycles. The first-order valence-corrected chi connectivity index (χ1v) is 8.06. The first-order valence-electron chi connectivity index (χ1n) is 8.06. The summed E-state index contributed by atoms with van der Waals surface area (Å²) in [7, 11) is 2.05. The highest BCUT2D eigenvalue weighted by molar-refractivity contribution is 5.89. The monoisotopic (exact) mass is 326 g/mol. The number of carbonyl (C=O) groups excluding carboxylic acids is 1. The van der Waals surface area contributed by atoms with Crippen LogP contribution in [-0.2, 0) is 6.54 Å². The number of nitrogens with one attached hydrogen (secondary N) is 1. The smallest absolute Gasteiger partial charge is 0.321 e. The molecule has 0 bridgehead atoms. The summed E-state index contributed by atoms with van der Waals surface area (Å²) in [4.78, 5) is 29.1. The van der Waals surface area contributed by atoms with Crippen molar-refractivity contribution >= 4 is 11.7 Å². The average Bonchev–Trinajstić information content (AvgIpc) is 3.06. The van der Waals surface area contributed by atoms with Gasteiger partial charge in [0.25, 0.3) is 0 Å². The summed E-state index contributed by atoms with van der Waals surface area (Å²) in [5.41, 5.74) is 1.66. The molecule has 0 spiro atoms. The van der Waals surface area contributed by atoms with E-state index in [0.717, 1.165) is 30.2 Å². The van der Waals surface area contributed by atoms with Crippen LogP contribution in [0.15, 0.2) is 36.8 Å². The molecule has 3 rings (SSSR count). The number of nitrogens with zero attached hydrogens (tertiary/aromatic N) is 5. The molecule has 2 aromatic heterocycles. The van der Waals surface area contributed by atoms with Crippen LogP contribution in [0.5, 0.6) is 0 Å². The lowest BCUT2D eigenvalue weighted by Gasteiger charge is -2.24. The second-order valence-electron chi connectivity index (χ2n) is 6.08. The van der Waals surface area contributed by atoms with Crippen LogP contribution in [0, 0.1) is 6.92 Å². The van der Waals surface area contributed by atoms with Crippen molar-refractivity contribution in [1.82, 2.24) is 24.8 Å². The van der Waals surface area contributed by atoms with Gasteiger partial charge in [-0.2, -0.15) is 0 Å². The molecule has 0 radical (unpaired) electrons. The zero-order valence-corrected chi connectivity index (χ0v) is 14.0. The lowest BCUT2D eigenvalue weighted by Crippen LogP contribution is -2.38. The molecule has 1 aliphatic rings. The Morgan fingerprint density at radius 3 is 2.88 bits per heavy atom. The summed E-state index contributed by atoms with van der Waals surface area (Å²) in [6, 6.07) is 5.74. The second kappa shape index (κ2) is 7.35. The number of amides is 2. The largest absolute Gasteiger partial charge is 0.323 e. The highest BCUT2D eigenvalue weighted by Gasteiger charge is 2.29. The van der Waals surface area contributed by atoms with E-state index in [-0.39, 0.29) is 6.03 Å². The topological polar surface area (TPSA) is 74.2 Å². The minimum atomic E-state index is -0.0625. The van der Waals surface area contributed by atoms with Gasteiger partial charge in [0.05, 0.1) is 6.54 Å². The first kappa shape index (κ1) is 16.3. The molecule has 1 atom stereocenters. The van der Waals surface area contributed by atoms with E-state index < -0.39 is 0 Å². The van der Waals surface area contributed by atoms with Crippen LogP contribution < -0.4 is 5.32 Å². The highest BCUT2D eigenvalue weighted by Crippen LogP contribution is 2.17. The molecule has 7 nitrogen and oxygen atoms in total. The van der Waals surface area contributed by atoms with Crippen LogP contribution in [0.3, 0.4) is 0 Å². The normalized spacial score (nSPS) is 17.3. The van der Waals surface area contributed by atoms with E-state index in [0.29, 0.717) is 19.1 Å². The van der Waals surface area contributed by atoms with Crippen molar-refractivity contribution < 1.29 is 4.79 Å². The Hall–Kier alpha value is -2.54. The van der Waals surface area contributed by atoms with Gasteiger partial charge in [0.15, 0.2) is 0 Å². The lowest BCUT2D eigenvalue weighted by atomic mass is 10.2. The fourth-order valence-corrected chi connectivity index (χ4v) is 2.88. The molecule has 7 heteroatoms. The summed E-state index contributed by atoms with van der Waals surface area (Å²) in [6.07, 6.45) is 6.15. The van der Waals surface area contributed by atoms with Gasteiger partial charge in [-0.25, -0.2) is 14.8 Å². The van der Waals surface area contributed by atoms with Gasteiger partial charge in [0.1, 0.15) is 5.82 Å². The van der Waals surface area contributed by atoms with Crippen molar-refractivity contribution in [2.75, 3.05) is 25.5 Å². The molecule has 1 saturated heterocycles. The van der Waals surface area contributed by atoms with Crippen molar-refractivity contribution in [2.24, 2.45) is 0 Å². The van der Waals surface area contributed by atoms with Gasteiger partial charge in [0, 0.05) is 49.1 Å². The summed E-state index contributed by atoms with van der Waals surface area (Å²) < 4.78 is 0. The number of hydrogen-bond donors (Lipinski definition) is 1. The predicted octanol–water partition coefficient (Wildman–Crippen LogP) is 1.92. The lowest BCUT2D eigenvalue weighted by molar-refractivity contribution is 0.206. The van der Waals surface area contributed by atoms with Gasteiger partial charge in [0.2, 0.25) is 0 Å². The molecule has 2 aromatic rings. The molecule has 3 heterocycles. The number of urea groups is 1. The maximum atomic E-state index is 12.4. The summed E-state index contributed by atoms with van der Waals surface area (Å²) in [5, 5.41) is 2.94. The number of likely N-dealkylation sites (N-methyl/N-ethyl adjacent to an activating group) is 1. The predicted molar refractivity (Wildman–Crippen MR) is 91.5 cm³/mol. The first-order chi connectivity index (χ1) is 11.6. The van der Waals surface area contributed by atoms with Gasteiger partial charge >= 0.3 is 6.03 Å². The van der Waals surface area contributed by atoms with E-state index in [1.165, 1.54) is 0 Å². The van der Waals surface area contributed by atoms with Crippen LogP contribution in [0.4, 0.5) is 10.5 Å². The van der Waals surface area contributed by atoms with Crippen molar-refractivity contribution in [2.45, 2.75) is 25.9 Å². The molecule has 24 heavy (non-hydrogen) atoms. The summed E-state index contributed by atoms with van der Waals surface area (Å²) in [6.45, 7) is 4.05. The SMILES string of the molecule is Cc1cc(NC(=O)N2CC[C@@H](N(C)Cc3ncccn3)C2)ccn1. The Kier molecular flexibility index (Phi) is 5.00. The van der Waals surface area contributed by atoms with Crippen molar-refractivity contribution in [3.63, 3.8) is 0 Å². The molecule has 1 aliphatic heterocycles. The van der Waals surface area contributed by atoms with Crippen LogP contribution in [0.1, 0.15) is 17.9 Å². The van der Waals surface area contributed by atoms with E-state index >= 15 is 0 Å². The third kappa shape index (κ3) is 4.05. The third-order valence-electron chi connectivity index (χ3n) is 4.23. The van der Waals surface area contributed by atoms with E-state index in [4.69, 9.17) is 0 Å². The number of hydrogen-bond acceptors (Lipinski definition) is 5. The van der Waals surface area contributed by atoms with Gasteiger partial charge in [-0.15, -0.1) is 0 Å². The molecule has 2 amide bonds. The number of anilines is 1. The van der Waals surface area contributed by atoms with Crippen molar-refractivity contribution in [3.05, 3.63) is 48.3 Å². The molecular weight excluding hydrogens is 304 g/mol. The van der Waals surface area contributed by atoms with Crippen molar-refractivity contribution in [3.8, 4) is 0 Å². The van der Waals surface area contributed by atoms with Crippen LogP contribution in [0.25, 0.3) is 0 Å². The van der Waals surface area contributed by atoms with Gasteiger partial charge in [-0.05, 0) is 38.6 Å². The Bertz CT molecular complexity index is 692. The van der Waals surface area contributed by atoms with E-state index in [1.54, 1.807) is 24.7 Å². The van der Waals surface area contributed by atoms with Crippen LogP contribution in [0.2, 0.25) is 0 Å². The standard InChI is InChI=1S/C17H22N6O/c1-13-10-14(4-8-18-13)21-17(24)23-9-5-15(11-23)22(2)12-16-19-6-3-7-20-16/h3-4,6-8,10,15H,5,9,11-12H2,1-2H3,(H,18,21,24)/t15-/m1/s1. The quantitative estimate of drug-likeness (QED) is 0.929. The number of aromatic nitrogens is 3. The molecule has 0 aromatic carbocycles. The molecule has 0 saturated carbocycles. The zero-order valence-electron chi connectivity index (χ0n) is 14.0. The number of carbonyl (C=O) groups is 1. The maximum Gasteiger partial charge on any atom is 0.321 e. The van der Waals surface area contributed by atoms with E-state index in [1.807, 2.05) is 24.0 Å². The Labute approximate surface area is 141 Å². The minimum absolute atomic E-state index is 0.0625.